The van der Waals surface area contributed by atoms with Crippen molar-refractivity contribution in [3.05, 3.63) is 70.0 Å². The van der Waals surface area contributed by atoms with E-state index in [0.717, 1.165) is 23.8 Å². The van der Waals surface area contributed by atoms with Gasteiger partial charge in [0.2, 0.25) is 5.91 Å². The lowest BCUT2D eigenvalue weighted by Crippen LogP contribution is -2.23. The molecule has 1 fully saturated rings. The van der Waals surface area contributed by atoms with Crippen LogP contribution in [0.5, 0.6) is 0 Å². The molecule has 1 atom stereocenters. The molecule has 1 heterocycles. The molecular formula is C21H20Cl2N4OS. The van der Waals surface area contributed by atoms with Gasteiger partial charge in [-0.05, 0) is 43.5 Å². The average molecular weight is 447 g/mol. The molecule has 1 N–H and O–H groups in total. The fourth-order valence-electron chi connectivity index (χ4n) is 2.98. The second-order valence-corrected chi connectivity index (χ2v) is 9.21. The molecule has 5 nitrogen and oxygen atoms in total. The van der Waals surface area contributed by atoms with Crippen molar-refractivity contribution < 1.29 is 4.79 Å². The normalized spacial score (nSPS) is 14.6. The maximum absolute atomic E-state index is 12.7. The summed E-state index contributed by atoms with van der Waals surface area (Å²) in [6.45, 7) is 2.54. The second-order valence-electron chi connectivity index (χ2n) is 7.06. The van der Waals surface area contributed by atoms with Crippen LogP contribution >= 0.6 is 35.0 Å². The number of anilines is 1. The third-order valence-corrected chi connectivity index (χ3v) is 6.34. The summed E-state index contributed by atoms with van der Waals surface area (Å²) in [5.74, 6) is 1.32. The van der Waals surface area contributed by atoms with Gasteiger partial charge >= 0.3 is 0 Å². The summed E-state index contributed by atoms with van der Waals surface area (Å²) in [6, 6.07) is 15.2. The number of thioether (sulfide) groups is 1. The minimum Gasteiger partial charge on any atom is -0.324 e. The molecule has 4 rings (SSSR count). The van der Waals surface area contributed by atoms with Crippen molar-refractivity contribution in [1.29, 1.82) is 0 Å². The van der Waals surface area contributed by atoms with Crippen LogP contribution in [0.1, 0.15) is 37.1 Å². The van der Waals surface area contributed by atoms with Crippen LogP contribution < -0.4 is 5.32 Å². The Morgan fingerprint density at radius 3 is 2.66 bits per heavy atom. The van der Waals surface area contributed by atoms with Crippen molar-refractivity contribution in [2.45, 2.75) is 42.6 Å². The minimum atomic E-state index is -0.368. The lowest BCUT2D eigenvalue weighted by molar-refractivity contribution is -0.115. The number of carbonyl (C=O) groups excluding carboxylic acids is 1. The molecule has 0 bridgehead atoms. The Balaban J connectivity index is 1.50. The third kappa shape index (κ3) is 4.94. The number of nitrogens with zero attached hydrogens (tertiary/aromatic N) is 3. The van der Waals surface area contributed by atoms with E-state index < -0.39 is 0 Å². The fourth-order valence-corrected chi connectivity index (χ4v) is 4.29. The van der Waals surface area contributed by atoms with E-state index in [1.54, 1.807) is 18.2 Å². The molecule has 8 heteroatoms. The van der Waals surface area contributed by atoms with E-state index in [4.69, 9.17) is 23.2 Å². The zero-order valence-electron chi connectivity index (χ0n) is 15.8. The highest BCUT2D eigenvalue weighted by atomic mass is 35.5. The Hall–Kier alpha value is -2.02. The molecule has 0 radical (unpaired) electrons. The van der Waals surface area contributed by atoms with E-state index in [2.05, 4.69) is 32.2 Å². The molecule has 0 spiro atoms. The number of halogens is 2. The molecule has 2 aromatic carbocycles. The third-order valence-electron chi connectivity index (χ3n) is 4.71. The Labute approximate surface area is 183 Å². The zero-order valence-corrected chi connectivity index (χ0v) is 18.1. The van der Waals surface area contributed by atoms with Crippen LogP contribution in [0.4, 0.5) is 5.69 Å². The second kappa shape index (κ2) is 8.78. The van der Waals surface area contributed by atoms with Gasteiger partial charge in [0.25, 0.3) is 0 Å². The quantitative estimate of drug-likeness (QED) is 0.477. The van der Waals surface area contributed by atoms with Crippen molar-refractivity contribution in [3.63, 3.8) is 0 Å². The van der Waals surface area contributed by atoms with Gasteiger partial charge in [-0.2, -0.15) is 0 Å². The van der Waals surface area contributed by atoms with Crippen molar-refractivity contribution >= 4 is 46.6 Å². The van der Waals surface area contributed by atoms with Crippen molar-refractivity contribution in [2.75, 3.05) is 5.32 Å². The topological polar surface area (TPSA) is 59.8 Å². The lowest BCUT2D eigenvalue weighted by Gasteiger charge is -2.14. The van der Waals surface area contributed by atoms with Gasteiger partial charge in [0.1, 0.15) is 5.82 Å². The van der Waals surface area contributed by atoms with Gasteiger partial charge < -0.3 is 9.88 Å². The zero-order chi connectivity index (χ0) is 20.4. The molecule has 1 aliphatic carbocycles. The first-order valence-corrected chi connectivity index (χ1v) is 11.0. The molecule has 1 saturated carbocycles. The van der Waals surface area contributed by atoms with Crippen LogP contribution in [0, 0.1) is 0 Å². The smallest absolute Gasteiger partial charge is 0.237 e. The first-order chi connectivity index (χ1) is 14.0. The molecule has 1 aliphatic rings. The molecule has 1 amide bonds. The average Bonchev–Trinajstić information content (AvgIpc) is 3.48. The summed E-state index contributed by atoms with van der Waals surface area (Å²) in [6.07, 6.45) is 2.28. The van der Waals surface area contributed by atoms with Gasteiger partial charge in [0.05, 0.1) is 22.5 Å². The number of hydrogen-bond donors (Lipinski definition) is 1. The summed E-state index contributed by atoms with van der Waals surface area (Å²) in [5.41, 5.74) is 1.72. The molecule has 0 saturated heterocycles. The molecule has 1 aromatic heterocycles. The van der Waals surface area contributed by atoms with Crippen molar-refractivity contribution in [3.8, 4) is 0 Å². The van der Waals surface area contributed by atoms with E-state index in [9.17, 15) is 4.79 Å². The Kier molecular flexibility index (Phi) is 6.13. The molecule has 150 valence electrons. The Morgan fingerprint density at radius 1 is 1.21 bits per heavy atom. The Bertz CT molecular complexity index is 1020. The van der Waals surface area contributed by atoms with Crippen LogP contribution in [0.3, 0.4) is 0 Å². The minimum absolute atomic E-state index is 0.151. The maximum Gasteiger partial charge on any atom is 0.237 e. The van der Waals surface area contributed by atoms with Crippen LogP contribution in [0.25, 0.3) is 0 Å². The van der Waals surface area contributed by atoms with Gasteiger partial charge in [-0.1, -0.05) is 65.3 Å². The number of hydrogen-bond acceptors (Lipinski definition) is 4. The summed E-state index contributed by atoms with van der Waals surface area (Å²) >= 11 is 13.5. The van der Waals surface area contributed by atoms with Crippen molar-refractivity contribution in [2.24, 2.45) is 0 Å². The fraction of sp³-hybridized carbons (Fsp3) is 0.286. The number of carbonyl (C=O) groups is 1. The number of amides is 1. The first kappa shape index (κ1) is 20.3. The summed E-state index contributed by atoms with van der Waals surface area (Å²) in [5, 5.41) is 13.0. The van der Waals surface area contributed by atoms with Gasteiger partial charge in [-0.15, -0.1) is 10.2 Å². The predicted molar refractivity (Wildman–Crippen MR) is 118 cm³/mol. The molecule has 1 unspecified atom stereocenters. The van der Waals surface area contributed by atoms with Crippen molar-refractivity contribution in [1.82, 2.24) is 14.8 Å². The highest BCUT2D eigenvalue weighted by Crippen LogP contribution is 2.40. The summed E-state index contributed by atoms with van der Waals surface area (Å²) < 4.78 is 2.14. The summed E-state index contributed by atoms with van der Waals surface area (Å²) in [7, 11) is 0. The number of benzene rings is 2. The molecule has 3 aromatic rings. The van der Waals surface area contributed by atoms with Crippen LogP contribution in [-0.2, 0) is 11.3 Å². The largest absolute Gasteiger partial charge is 0.324 e. The highest BCUT2D eigenvalue weighted by Gasteiger charge is 2.31. The standard InChI is InChI=1S/C21H20Cl2N4OS/c1-13(20(28)24-18-10-9-16(22)11-17(18)23)29-21-26-25-19(15-7-8-15)27(21)12-14-5-3-2-4-6-14/h2-6,9-11,13,15H,7-8,12H2,1H3,(H,24,28). The highest BCUT2D eigenvalue weighted by molar-refractivity contribution is 8.00. The number of aromatic nitrogens is 3. The first-order valence-electron chi connectivity index (χ1n) is 9.41. The monoisotopic (exact) mass is 446 g/mol. The van der Waals surface area contributed by atoms with E-state index in [-0.39, 0.29) is 11.2 Å². The van der Waals surface area contributed by atoms with Gasteiger partial charge in [-0.3, -0.25) is 4.79 Å². The summed E-state index contributed by atoms with van der Waals surface area (Å²) in [4.78, 5) is 12.7. The van der Waals surface area contributed by atoms with Gasteiger partial charge in [-0.25, -0.2) is 0 Å². The van der Waals surface area contributed by atoms with E-state index in [1.807, 2.05) is 25.1 Å². The maximum atomic E-state index is 12.7. The lowest BCUT2D eigenvalue weighted by atomic mass is 10.2. The molecule has 0 aliphatic heterocycles. The Morgan fingerprint density at radius 2 is 1.97 bits per heavy atom. The van der Waals surface area contributed by atoms with Crippen LogP contribution in [0.2, 0.25) is 10.0 Å². The van der Waals surface area contributed by atoms with E-state index in [1.165, 1.54) is 17.3 Å². The SMILES string of the molecule is CC(Sc1nnc(C2CC2)n1Cc1ccccc1)C(=O)Nc1ccc(Cl)cc1Cl. The van der Waals surface area contributed by atoms with E-state index >= 15 is 0 Å². The molecule has 29 heavy (non-hydrogen) atoms. The predicted octanol–water partition coefficient (Wildman–Crippen LogP) is 5.63. The number of rotatable bonds is 7. The van der Waals surface area contributed by atoms with E-state index in [0.29, 0.717) is 28.2 Å². The molecular weight excluding hydrogens is 427 g/mol. The number of nitrogens with one attached hydrogen (secondary N) is 1. The van der Waals surface area contributed by atoms with Gasteiger partial charge in [0.15, 0.2) is 5.16 Å². The van der Waals surface area contributed by atoms with Crippen LogP contribution in [0.15, 0.2) is 53.7 Å². The van der Waals surface area contributed by atoms with Gasteiger partial charge in [0, 0.05) is 10.9 Å². The van der Waals surface area contributed by atoms with Crippen LogP contribution in [-0.4, -0.2) is 25.9 Å².